The smallest absolute Gasteiger partial charge is 0.0366 e. The van der Waals surface area contributed by atoms with Crippen LogP contribution < -0.4 is 9.80 Å². The van der Waals surface area contributed by atoms with Crippen molar-refractivity contribution in [3.63, 3.8) is 0 Å². The Morgan fingerprint density at radius 1 is 0.536 bits per heavy atom. The molecule has 2 heteroatoms. The monoisotopic (exact) mass is 386 g/mol. The molecule has 0 atom stereocenters. The van der Waals surface area contributed by atoms with Gasteiger partial charge in [0.2, 0.25) is 0 Å². The molecular weight excluding hydrogens is 340 g/mol. The van der Waals surface area contributed by atoms with Gasteiger partial charge in [0.25, 0.3) is 0 Å². The molecule has 0 bridgehead atoms. The summed E-state index contributed by atoms with van der Waals surface area (Å²) in [5.41, 5.74) is 5.36. The van der Waals surface area contributed by atoms with E-state index in [4.69, 9.17) is 0 Å². The number of unbranched alkanes of at least 4 members (excludes halogenated alkanes) is 2. The van der Waals surface area contributed by atoms with E-state index in [0.29, 0.717) is 0 Å². The summed E-state index contributed by atoms with van der Waals surface area (Å²) in [6.07, 6.45) is 3.80. The van der Waals surface area contributed by atoms with E-state index in [1.807, 2.05) is 0 Å². The maximum Gasteiger partial charge on any atom is 0.0366 e. The van der Waals surface area contributed by atoms with E-state index in [0.717, 1.165) is 26.2 Å². The SMILES string of the molecule is C.C.C.CCN(CCCCCN(CC)c1ccc(C)cc1)c1ccc(C)cc1. The summed E-state index contributed by atoms with van der Waals surface area (Å²) in [6, 6.07) is 17.8. The molecule has 160 valence electrons. The highest BCUT2D eigenvalue weighted by Gasteiger charge is 2.06. The van der Waals surface area contributed by atoms with Gasteiger partial charge in [-0.05, 0) is 71.2 Å². The zero-order valence-electron chi connectivity index (χ0n) is 16.5. The number of rotatable bonds is 10. The van der Waals surface area contributed by atoms with Crippen molar-refractivity contribution in [2.75, 3.05) is 36.0 Å². The molecule has 0 aromatic heterocycles. The molecule has 2 rings (SSSR count). The molecule has 2 aromatic carbocycles. The van der Waals surface area contributed by atoms with Crippen LogP contribution in [0.1, 0.15) is 66.5 Å². The third kappa shape index (κ3) is 8.82. The van der Waals surface area contributed by atoms with Crippen molar-refractivity contribution < 1.29 is 0 Å². The summed E-state index contributed by atoms with van der Waals surface area (Å²) in [5, 5.41) is 0. The Bertz CT molecular complexity index is 546. The van der Waals surface area contributed by atoms with Crippen LogP contribution in [-0.2, 0) is 0 Å². The van der Waals surface area contributed by atoms with E-state index < -0.39 is 0 Å². The van der Waals surface area contributed by atoms with Gasteiger partial charge in [-0.1, -0.05) is 57.7 Å². The third-order valence-corrected chi connectivity index (χ3v) is 4.92. The highest BCUT2D eigenvalue weighted by Crippen LogP contribution is 2.17. The number of anilines is 2. The van der Waals surface area contributed by atoms with Gasteiger partial charge < -0.3 is 9.80 Å². The fourth-order valence-corrected chi connectivity index (χ4v) is 3.23. The van der Waals surface area contributed by atoms with E-state index >= 15 is 0 Å². The van der Waals surface area contributed by atoms with E-state index in [1.54, 1.807) is 0 Å². The summed E-state index contributed by atoms with van der Waals surface area (Å²) in [4.78, 5) is 4.97. The Morgan fingerprint density at radius 3 is 1.14 bits per heavy atom. The fourth-order valence-electron chi connectivity index (χ4n) is 3.23. The van der Waals surface area contributed by atoms with Crippen molar-refractivity contribution in [2.24, 2.45) is 0 Å². The summed E-state index contributed by atoms with van der Waals surface area (Å²) in [6.45, 7) is 13.2. The summed E-state index contributed by atoms with van der Waals surface area (Å²) in [5.74, 6) is 0. The first-order chi connectivity index (χ1) is 12.1. The van der Waals surface area contributed by atoms with Crippen LogP contribution in [0.15, 0.2) is 48.5 Å². The number of hydrogen-bond acceptors (Lipinski definition) is 2. The van der Waals surface area contributed by atoms with Crippen molar-refractivity contribution in [3.05, 3.63) is 59.7 Å². The second-order valence-electron chi connectivity index (χ2n) is 6.89. The van der Waals surface area contributed by atoms with Gasteiger partial charge in [-0.2, -0.15) is 0 Å². The number of hydrogen-bond donors (Lipinski definition) is 0. The van der Waals surface area contributed by atoms with Crippen LogP contribution in [0.4, 0.5) is 11.4 Å². The number of aryl methyl sites for hydroxylation is 2. The van der Waals surface area contributed by atoms with Gasteiger partial charge in [0.05, 0.1) is 0 Å². The fraction of sp³-hybridized carbons (Fsp3) is 0.538. The predicted octanol–water partition coefficient (Wildman–Crippen LogP) is 7.73. The van der Waals surface area contributed by atoms with Gasteiger partial charge in [0.1, 0.15) is 0 Å². The number of benzene rings is 2. The zero-order valence-corrected chi connectivity index (χ0v) is 16.5. The Balaban J connectivity index is 0. The Kier molecular flexibility index (Phi) is 15.2. The van der Waals surface area contributed by atoms with E-state index in [-0.39, 0.29) is 22.3 Å². The van der Waals surface area contributed by atoms with Gasteiger partial charge in [-0.3, -0.25) is 0 Å². The minimum atomic E-state index is 0. The van der Waals surface area contributed by atoms with Gasteiger partial charge >= 0.3 is 0 Å². The Morgan fingerprint density at radius 2 is 0.857 bits per heavy atom. The van der Waals surface area contributed by atoms with E-state index in [9.17, 15) is 0 Å². The molecule has 0 unspecified atom stereocenters. The molecule has 0 amide bonds. The average molecular weight is 387 g/mol. The molecule has 0 fully saturated rings. The number of nitrogens with zero attached hydrogens (tertiary/aromatic N) is 2. The first-order valence-corrected chi connectivity index (χ1v) is 9.77. The molecular formula is C26H46N2. The minimum Gasteiger partial charge on any atom is -0.372 e. The van der Waals surface area contributed by atoms with Crippen LogP contribution >= 0.6 is 0 Å². The quantitative estimate of drug-likeness (QED) is 0.385. The molecule has 28 heavy (non-hydrogen) atoms. The molecule has 2 nitrogen and oxygen atoms in total. The van der Waals surface area contributed by atoms with Gasteiger partial charge in [-0.15, -0.1) is 0 Å². The topological polar surface area (TPSA) is 6.48 Å². The molecule has 0 radical (unpaired) electrons. The van der Waals surface area contributed by atoms with Crippen LogP contribution in [0.5, 0.6) is 0 Å². The second kappa shape index (κ2) is 15.0. The largest absolute Gasteiger partial charge is 0.372 e. The van der Waals surface area contributed by atoms with Crippen LogP contribution in [0, 0.1) is 13.8 Å². The molecule has 0 aliphatic rings. The molecule has 0 aliphatic carbocycles. The van der Waals surface area contributed by atoms with Crippen LogP contribution in [0.25, 0.3) is 0 Å². The summed E-state index contributed by atoms with van der Waals surface area (Å²) in [7, 11) is 0. The lowest BCUT2D eigenvalue weighted by molar-refractivity contribution is 0.643. The maximum absolute atomic E-state index is 2.48. The molecule has 0 spiro atoms. The van der Waals surface area contributed by atoms with Crippen molar-refractivity contribution in [1.29, 1.82) is 0 Å². The normalized spacial score (nSPS) is 9.57. The standard InChI is InChI=1S/C23H34N2.3CH4/c1-5-24(22-14-10-20(3)11-15-22)18-8-7-9-19-25(6-2)23-16-12-21(4)13-17-23;;;/h10-17H,5-9,18-19H2,1-4H3;3*1H4. The summed E-state index contributed by atoms with van der Waals surface area (Å²) >= 11 is 0. The molecule has 0 saturated carbocycles. The molecule has 0 heterocycles. The van der Waals surface area contributed by atoms with Crippen LogP contribution in [-0.4, -0.2) is 26.2 Å². The minimum absolute atomic E-state index is 0. The Hall–Kier alpha value is -1.96. The molecule has 0 N–H and O–H groups in total. The van der Waals surface area contributed by atoms with Gasteiger partial charge in [-0.25, -0.2) is 0 Å². The maximum atomic E-state index is 2.48. The second-order valence-corrected chi connectivity index (χ2v) is 6.89. The molecule has 0 saturated heterocycles. The highest BCUT2D eigenvalue weighted by molar-refractivity contribution is 5.48. The zero-order chi connectivity index (χ0) is 18.1. The third-order valence-electron chi connectivity index (χ3n) is 4.92. The van der Waals surface area contributed by atoms with E-state index in [2.05, 4.69) is 86.0 Å². The van der Waals surface area contributed by atoms with Gasteiger partial charge in [0, 0.05) is 37.6 Å². The first kappa shape index (κ1) is 28.3. The lowest BCUT2D eigenvalue weighted by Crippen LogP contribution is -2.25. The highest BCUT2D eigenvalue weighted by atomic mass is 15.1. The Labute approximate surface area is 176 Å². The van der Waals surface area contributed by atoms with Crippen molar-refractivity contribution in [1.82, 2.24) is 0 Å². The predicted molar refractivity (Wildman–Crippen MR) is 132 cm³/mol. The van der Waals surface area contributed by atoms with Crippen molar-refractivity contribution in [2.45, 2.75) is 69.2 Å². The van der Waals surface area contributed by atoms with Gasteiger partial charge in [0.15, 0.2) is 0 Å². The van der Waals surface area contributed by atoms with E-state index in [1.165, 1.54) is 41.8 Å². The van der Waals surface area contributed by atoms with Crippen molar-refractivity contribution >= 4 is 11.4 Å². The van der Waals surface area contributed by atoms with Crippen molar-refractivity contribution in [3.8, 4) is 0 Å². The van der Waals surface area contributed by atoms with Crippen LogP contribution in [0.2, 0.25) is 0 Å². The van der Waals surface area contributed by atoms with Crippen LogP contribution in [0.3, 0.4) is 0 Å². The first-order valence-electron chi connectivity index (χ1n) is 9.77. The lowest BCUT2D eigenvalue weighted by atomic mass is 10.1. The lowest BCUT2D eigenvalue weighted by Gasteiger charge is -2.25. The summed E-state index contributed by atoms with van der Waals surface area (Å²) < 4.78 is 0. The molecule has 2 aromatic rings. The average Bonchev–Trinajstić information content (AvgIpc) is 2.63. The molecule has 0 aliphatic heterocycles.